The van der Waals surface area contributed by atoms with Gasteiger partial charge in [-0.2, -0.15) is 0 Å². The molecule has 2 aromatic carbocycles. The summed E-state index contributed by atoms with van der Waals surface area (Å²) in [6.45, 7) is -0.0531. The van der Waals surface area contributed by atoms with Gasteiger partial charge in [0, 0.05) is 0 Å². The second kappa shape index (κ2) is 4.90. The van der Waals surface area contributed by atoms with Crippen LogP contribution in [0.3, 0.4) is 0 Å². The van der Waals surface area contributed by atoms with Crippen LogP contribution >= 0.6 is 0 Å². The molecule has 2 rings (SSSR count). The minimum Gasteiger partial charge on any atom is -0.392 e. The first-order valence-corrected chi connectivity index (χ1v) is 5.21. The predicted octanol–water partition coefficient (Wildman–Crippen LogP) is 2.91. The van der Waals surface area contributed by atoms with Crippen molar-refractivity contribution in [3.05, 3.63) is 71.0 Å². The van der Waals surface area contributed by atoms with Crippen molar-refractivity contribution in [2.24, 2.45) is 0 Å². The van der Waals surface area contributed by atoms with Gasteiger partial charge in [0.1, 0.15) is 5.82 Å². The zero-order valence-electron chi connectivity index (χ0n) is 8.86. The van der Waals surface area contributed by atoms with Crippen molar-refractivity contribution >= 4 is 0 Å². The first-order valence-electron chi connectivity index (χ1n) is 5.21. The Balaban J connectivity index is 2.30. The highest BCUT2D eigenvalue weighted by atomic mass is 19.1. The van der Waals surface area contributed by atoms with E-state index in [4.69, 9.17) is 5.11 Å². The van der Waals surface area contributed by atoms with E-state index >= 15 is 0 Å². The van der Waals surface area contributed by atoms with Gasteiger partial charge >= 0.3 is 0 Å². The molecule has 0 unspecified atom stereocenters. The molecule has 82 valence electrons. The zero-order valence-corrected chi connectivity index (χ0v) is 8.86. The van der Waals surface area contributed by atoms with Gasteiger partial charge in [-0.15, -0.1) is 0 Å². The second-order valence-corrected chi connectivity index (χ2v) is 3.73. The highest BCUT2D eigenvalue weighted by Crippen LogP contribution is 2.16. The summed E-state index contributed by atoms with van der Waals surface area (Å²) in [5.74, 6) is -0.261. The average Bonchev–Trinajstić information content (AvgIpc) is 2.31. The molecular formula is C14H13FO. The Hall–Kier alpha value is -1.67. The largest absolute Gasteiger partial charge is 0.392 e. The number of hydrogen-bond donors (Lipinski definition) is 1. The van der Waals surface area contributed by atoms with Crippen LogP contribution in [-0.2, 0) is 13.0 Å². The SMILES string of the molecule is OCc1ccc(F)cc1Cc1ccccc1. The molecule has 0 aliphatic heterocycles. The van der Waals surface area contributed by atoms with Crippen LogP contribution in [0.2, 0.25) is 0 Å². The molecule has 0 atom stereocenters. The van der Waals surface area contributed by atoms with E-state index in [0.29, 0.717) is 6.42 Å². The molecular weight excluding hydrogens is 203 g/mol. The molecule has 0 aliphatic rings. The molecule has 0 heterocycles. The molecule has 2 aromatic rings. The second-order valence-electron chi connectivity index (χ2n) is 3.73. The summed E-state index contributed by atoms with van der Waals surface area (Å²) in [6.07, 6.45) is 0.647. The number of benzene rings is 2. The van der Waals surface area contributed by atoms with Crippen molar-refractivity contribution in [2.45, 2.75) is 13.0 Å². The maximum atomic E-state index is 13.1. The highest BCUT2D eigenvalue weighted by molar-refractivity contribution is 5.32. The van der Waals surface area contributed by atoms with Crippen molar-refractivity contribution in [1.29, 1.82) is 0 Å². The van der Waals surface area contributed by atoms with E-state index in [1.165, 1.54) is 12.1 Å². The van der Waals surface area contributed by atoms with Crippen molar-refractivity contribution < 1.29 is 9.50 Å². The number of aliphatic hydroxyl groups excluding tert-OH is 1. The zero-order chi connectivity index (χ0) is 11.4. The average molecular weight is 216 g/mol. The smallest absolute Gasteiger partial charge is 0.123 e. The summed E-state index contributed by atoms with van der Waals surface area (Å²) in [4.78, 5) is 0. The van der Waals surface area contributed by atoms with Crippen LogP contribution in [-0.4, -0.2) is 5.11 Å². The third-order valence-electron chi connectivity index (χ3n) is 2.58. The topological polar surface area (TPSA) is 20.2 Å². The van der Waals surface area contributed by atoms with Crippen LogP contribution in [0.4, 0.5) is 4.39 Å². The lowest BCUT2D eigenvalue weighted by atomic mass is 10.00. The van der Waals surface area contributed by atoms with E-state index in [9.17, 15) is 4.39 Å². The van der Waals surface area contributed by atoms with Gasteiger partial charge in [-0.05, 0) is 35.2 Å². The maximum Gasteiger partial charge on any atom is 0.123 e. The molecule has 0 bridgehead atoms. The van der Waals surface area contributed by atoms with Gasteiger partial charge in [0.2, 0.25) is 0 Å². The lowest BCUT2D eigenvalue weighted by Gasteiger charge is -2.07. The number of halogens is 1. The fourth-order valence-corrected chi connectivity index (χ4v) is 1.73. The molecule has 0 aliphatic carbocycles. The maximum absolute atomic E-state index is 13.1. The van der Waals surface area contributed by atoms with E-state index in [1.807, 2.05) is 30.3 Å². The number of aliphatic hydroxyl groups is 1. The van der Waals surface area contributed by atoms with Crippen molar-refractivity contribution in [1.82, 2.24) is 0 Å². The fraction of sp³-hybridized carbons (Fsp3) is 0.143. The molecule has 1 N–H and O–H groups in total. The lowest BCUT2D eigenvalue weighted by Crippen LogP contribution is -1.96. The predicted molar refractivity (Wildman–Crippen MR) is 61.6 cm³/mol. The summed E-state index contributed by atoms with van der Waals surface area (Å²) in [5.41, 5.74) is 2.74. The molecule has 0 aromatic heterocycles. The van der Waals surface area contributed by atoms with Crippen LogP contribution in [0.15, 0.2) is 48.5 Å². The molecule has 16 heavy (non-hydrogen) atoms. The molecule has 2 heteroatoms. The highest BCUT2D eigenvalue weighted by Gasteiger charge is 2.04. The fourth-order valence-electron chi connectivity index (χ4n) is 1.73. The Bertz CT molecular complexity index is 465. The molecule has 0 fully saturated rings. The number of rotatable bonds is 3. The van der Waals surface area contributed by atoms with E-state index in [1.54, 1.807) is 6.07 Å². The standard InChI is InChI=1S/C14H13FO/c15-14-7-6-12(10-16)13(9-14)8-11-4-2-1-3-5-11/h1-7,9,16H,8,10H2. The minimum atomic E-state index is -0.261. The van der Waals surface area contributed by atoms with Gasteiger partial charge < -0.3 is 5.11 Å². The first kappa shape index (κ1) is 10.8. The third-order valence-corrected chi connectivity index (χ3v) is 2.58. The third kappa shape index (κ3) is 2.47. The summed E-state index contributed by atoms with van der Waals surface area (Å²) < 4.78 is 13.1. The van der Waals surface area contributed by atoms with Gasteiger partial charge in [-0.25, -0.2) is 4.39 Å². The van der Waals surface area contributed by atoms with Crippen molar-refractivity contribution in [3.63, 3.8) is 0 Å². The van der Waals surface area contributed by atoms with Crippen molar-refractivity contribution in [3.8, 4) is 0 Å². The summed E-state index contributed by atoms with van der Waals surface area (Å²) in [7, 11) is 0. The Morgan fingerprint density at radius 1 is 0.938 bits per heavy atom. The van der Waals surface area contributed by atoms with Gasteiger partial charge in [0.05, 0.1) is 6.61 Å². The summed E-state index contributed by atoms with van der Waals surface area (Å²) >= 11 is 0. The number of hydrogen-bond acceptors (Lipinski definition) is 1. The molecule has 0 spiro atoms. The monoisotopic (exact) mass is 216 g/mol. The van der Waals surface area contributed by atoms with E-state index in [0.717, 1.165) is 16.7 Å². The van der Waals surface area contributed by atoms with Gasteiger partial charge in [-0.1, -0.05) is 36.4 Å². The Labute approximate surface area is 94.2 Å². The quantitative estimate of drug-likeness (QED) is 0.836. The van der Waals surface area contributed by atoms with Crippen LogP contribution in [0, 0.1) is 5.82 Å². The Morgan fingerprint density at radius 2 is 1.69 bits per heavy atom. The summed E-state index contributed by atoms with van der Waals surface area (Å²) in [6, 6.07) is 14.3. The van der Waals surface area contributed by atoms with E-state index in [2.05, 4.69) is 0 Å². The Kier molecular flexibility index (Phi) is 3.32. The van der Waals surface area contributed by atoms with Crippen LogP contribution in [0.1, 0.15) is 16.7 Å². The van der Waals surface area contributed by atoms with Gasteiger partial charge in [-0.3, -0.25) is 0 Å². The van der Waals surface area contributed by atoms with Crippen LogP contribution in [0.25, 0.3) is 0 Å². The molecule has 0 saturated carbocycles. The lowest BCUT2D eigenvalue weighted by molar-refractivity contribution is 0.280. The van der Waals surface area contributed by atoms with E-state index < -0.39 is 0 Å². The molecule has 1 nitrogen and oxygen atoms in total. The van der Waals surface area contributed by atoms with Crippen molar-refractivity contribution in [2.75, 3.05) is 0 Å². The molecule has 0 saturated heterocycles. The molecule has 0 radical (unpaired) electrons. The molecule has 0 amide bonds. The minimum absolute atomic E-state index is 0.0531. The van der Waals surface area contributed by atoms with Gasteiger partial charge in [0.25, 0.3) is 0 Å². The summed E-state index contributed by atoms with van der Waals surface area (Å²) in [5, 5.41) is 9.16. The normalized spacial score (nSPS) is 10.4. The van der Waals surface area contributed by atoms with Crippen LogP contribution < -0.4 is 0 Å². The Morgan fingerprint density at radius 3 is 2.38 bits per heavy atom. The van der Waals surface area contributed by atoms with E-state index in [-0.39, 0.29) is 12.4 Å². The first-order chi connectivity index (χ1) is 7.79. The van der Waals surface area contributed by atoms with Gasteiger partial charge in [0.15, 0.2) is 0 Å². The van der Waals surface area contributed by atoms with Crippen LogP contribution in [0.5, 0.6) is 0 Å².